The Morgan fingerprint density at radius 1 is 1.22 bits per heavy atom. The lowest BCUT2D eigenvalue weighted by molar-refractivity contribution is -0.384. The van der Waals surface area contributed by atoms with Gasteiger partial charge in [0.25, 0.3) is 11.6 Å². The molecular weight excluding hydrogens is 323 g/mol. The van der Waals surface area contributed by atoms with Crippen LogP contribution in [0.2, 0.25) is 5.02 Å². The van der Waals surface area contributed by atoms with E-state index in [4.69, 9.17) is 11.6 Å². The number of hydrogen-bond donors (Lipinski definition) is 0. The summed E-state index contributed by atoms with van der Waals surface area (Å²) in [5.74, 6) is -0.902. The SMILES string of the molecule is O=C(c1ccc([N+](=O)[O-])cc1)N1CCCc2c(Cl)ccc(F)c21. The highest BCUT2D eigenvalue weighted by Gasteiger charge is 2.28. The largest absolute Gasteiger partial charge is 0.305 e. The minimum absolute atomic E-state index is 0.102. The number of hydrogen-bond acceptors (Lipinski definition) is 3. The van der Waals surface area contributed by atoms with E-state index in [1.807, 2.05) is 0 Å². The van der Waals surface area contributed by atoms with Gasteiger partial charge >= 0.3 is 0 Å². The monoisotopic (exact) mass is 334 g/mol. The van der Waals surface area contributed by atoms with Gasteiger partial charge < -0.3 is 4.90 Å². The van der Waals surface area contributed by atoms with E-state index in [1.54, 1.807) is 0 Å². The summed E-state index contributed by atoms with van der Waals surface area (Å²) in [5, 5.41) is 11.1. The van der Waals surface area contributed by atoms with Crippen LogP contribution in [0, 0.1) is 15.9 Å². The summed E-state index contributed by atoms with van der Waals surface area (Å²) < 4.78 is 14.2. The molecule has 0 fully saturated rings. The molecule has 0 N–H and O–H groups in total. The van der Waals surface area contributed by atoms with Crippen LogP contribution in [-0.4, -0.2) is 17.4 Å². The maximum absolute atomic E-state index is 14.2. The lowest BCUT2D eigenvalue weighted by Gasteiger charge is -2.30. The van der Waals surface area contributed by atoms with E-state index < -0.39 is 16.6 Å². The molecule has 23 heavy (non-hydrogen) atoms. The number of rotatable bonds is 2. The number of carbonyl (C=O) groups is 1. The minimum Gasteiger partial charge on any atom is -0.305 e. The summed E-state index contributed by atoms with van der Waals surface area (Å²) in [6, 6.07) is 7.98. The average molecular weight is 335 g/mol. The van der Waals surface area contributed by atoms with Crippen LogP contribution in [0.25, 0.3) is 0 Å². The summed E-state index contributed by atoms with van der Waals surface area (Å²) in [6.45, 7) is 0.375. The normalized spacial score (nSPS) is 13.6. The third-order valence-corrected chi connectivity index (χ3v) is 4.18. The summed E-state index contributed by atoms with van der Waals surface area (Å²) in [7, 11) is 0. The second-order valence-corrected chi connectivity index (χ2v) is 5.63. The fourth-order valence-corrected chi connectivity index (χ4v) is 2.97. The molecule has 0 saturated heterocycles. The van der Waals surface area contributed by atoms with E-state index in [-0.39, 0.29) is 16.9 Å². The highest BCUT2D eigenvalue weighted by atomic mass is 35.5. The number of nitrogens with zero attached hydrogens (tertiary/aromatic N) is 2. The predicted molar refractivity (Wildman–Crippen MR) is 84.5 cm³/mol. The van der Waals surface area contributed by atoms with Crippen molar-refractivity contribution < 1.29 is 14.1 Å². The van der Waals surface area contributed by atoms with Gasteiger partial charge in [-0.05, 0) is 42.7 Å². The zero-order chi connectivity index (χ0) is 16.6. The Balaban J connectivity index is 1.99. The molecule has 0 aromatic heterocycles. The molecule has 1 heterocycles. The number of carbonyl (C=O) groups excluding carboxylic acids is 1. The summed E-state index contributed by atoms with van der Waals surface area (Å²) in [4.78, 5) is 24.1. The number of amides is 1. The number of nitro groups is 1. The number of anilines is 1. The van der Waals surface area contributed by atoms with Crippen molar-refractivity contribution in [3.05, 3.63) is 68.5 Å². The van der Waals surface area contributed by atoms with Gasteiger partial charge in [-0.3, -0.25) is 14.9 Å². The number of nitro benzene ring substituents is 1. The molecule has 1 amide bonds. The molecule has 0 unspecified atom stereocenters. The van der Waals surface area contributed by atoms with Gasteiger partial charge in [-0.1, -0.05) is 11.6 Å². The highest BCUT2D eigenvalue weighted by molar-refractivity contribution is 6.32. The number of fused-ring (bicyclic) bond motifs is 1. The molecule has 3 rings (SSSR count). The highest BCUT2D eigenvalue weighted by Crippen LogP contribution is 2.35. The lowest BCUT2D eigenvalue weighted by Crippen LogP contribution is -2.36. The number of halogens is 2. The lowest BCUT2D eigenvalue weighted by atomic mass is 10.00. The molecule has 2 aromatic rings. The van der Waals surface area contributed by atoms with Crippen LogP contribution >= 0.6 is 11.6 Å². The molecule has 0 bridgehead atoms. The van der Waals surface area contributed by atoms with Crippen molar-refractivity contribution in [3.8, 4) is 0 Å². The van der Waals surface area contributed by atoms with Gasteiger partial charge in [-0.2, -0.15) is 0 Å². The molecule has 1 aliphatic rings. The molecule has 0 saturated carbocycles. The Bertz CT molecular complexity index is 793. The number of non-ortho nitro benzene ring substituents is 1. The molecule has 118 valence electrons. The van der Waals surface area contributed by atoms with Crippen molar-refractivity contribution in [1.82, 2.24) is 0 Å². The number of benzene rings is 2. The first-order valence-corrected chi connectivity index (χ1v) is 7.40. The molecule has 1 aliphatic heterocycles. The fourth-order valence-electron chi connectivity index (χ4n) is 2.72. The standard InChI is InChI=1S/C16H12ClFN2O3/c17-13-7-8-14(18)15-12(13)2-1-9-19(15)16(21)10-3-5-11(6-4-10)20(22)23/h3-8H,1-2,9H2. The Morgan fingerprint density at radius 3 is 2.57 bits per heavy atom. The molecule has 7 heteroatoms. The Kier molecular flexibility index (Phi) is 4.00. The van der Waals surface area contributed by atoms with Crippen LogP contribution in [0.1, 0.15) is 22.3 Å². The van der Waals surface area contributed by atoms with Crippen LogP contribution in [0.5, 0.6) is 0 Å². The van der Waals surface area contributed by atoms with Crippen LogP contribution in [-0.2, 0) is 6.42 Å². The Hall–Kier alpha value is -2.47. The smallest absolute Gasteiger partial charge is 0.269 e. The topological polar surface area (TPSA) is 63.4 Å². The quantitative estimate of drug-likeness (QED) is 0.616. The van der Waals surface area contributed by atoms with Gasteiger partial charge in [0.1, 0.15) is 5.82 Å². The first-order valence-electron chi connectivity index (χ1n) is 7.02. The van der Waals surface area contributed by atoms with Gasteiger partial charge in [0, 0.05) is 29.3 Å². The van der Waals surface area contributed by atoms with Crippen molar-refractivity contribution in [2.75, 3.05) is 11.4 Å². The third-order valence-electron chi connectivity index (χ3n) is 3.82. The zero-order valence-corrected chi connectivity index (χ0v) is 12.7. The van der Waals surface area contributed by atoms with Crippen LogP contribution < -0.4 is 4.90 Å². The van der Waals surface area contributed by atoms with Crippen LogP contribution in [0.15, 0.2) is 36.4 Å². The maximum Gasteiger partial charge on any atom is 0.269 e. The van der Waals surface area contributed by atoms with E-state index in [2.05, 4.69) is 0 Å². The van der Waals surface area contributed by atoms with Crippen molar-refractivity contribution in [1.29, 1.82) is 0 Å². The third kappa shape index (κ3) is 2.77. The summed E-state index contributed by atoms with van der Waals surface area (Å²) in [6.07, 6.45) is 1.28. The van der Waals surface area contributed by atoms with Gasteiger partial charge in [-0.25, -0.2) is 4.39 Å². The Morgan fingerprint density at radius 2 is 1.91 bits per heavy atom. The van der Waals surface area contributed by atoms with Gasteiger partial charge in [0.2, 0.25) is 0 Å². The minimum atomic E-state index is -0.538. The van der Waals surface area contributed by atoms with E-state index in [1.165, 1.54) is 41.3 Å². The fraction of sp³-hybridized carbons (Fsp3) is 0.188. The van der Waals surface area contributed by atoms with E-state index >= 15 is 0 Å². The van der Waals surface area contributed by atoms with Crippen molar-refractivity contribution >= 4 is 28.9 Å². The maximum atomic E-state index is 14.2. The van der Waals surface area contributed by atoms with E-state index in [9.17, 15) is 19.3 Å². The Labute approximate surface area is 136 Å². The van der Waals surface area contributed by atoms with Crippen molar-refractivity contribution in [2.24, 2.45) is 0 Å². The molecule has 0 atom stereocenters. The molecule has 0 spiro atoms. The van der Waals surface area contributed by atoms with Gasteiger partial charge in [0.15, 0.2) is 0 Å². The van der Waals surface area contributed by atoms with Gasteiger partial charge in [-0.15, -0.1) is 0 Å². The summed E-state index contributed by atoms with van der Waals surface area (Å²) in [5.41, 5.74) is 0.984. The molecule has 2 aromatic carbocycles. The van der Waals surface area contributed by atoms with E-state index in [0.717, 1.165) is 0 Å². The van der Waals surface area contributed by atoms with Crippen molar-refractivity contribution in [3.63, 3.8) is 0 Å². The van der Waals surface area contributed by atoms with Crippen LogP contribution in [0.4, 0.5) is 15.8 Å². The molecule has 0 aliphatic carbocycles. The summed E-state index contributed by atoms with van der Waals surface area (Å²) >= 11 is 6.11. The average Bonchev–Trinajstić information content (AvgIpc) is 2.57. The van der Waals surface area contributed by atoms with Crippen LogP contribution in [0.3, 0.4) is 0 Å². The predicted octanol–water partition coefficient (Wildman–Crippen LogP) is 3.98. The molecule has 5 nitrogen and oxygen atoms in total. The van der Waals surface area contributed by atoms with E-state index in [0.29, 0.717) is 30.0 Å². The van der Waals surface area contributed by atoms with Crippen molar-refractivity contribution in [2.45, 2.75) is 12.8 Å². The second-order valence-electron chi connectivity index (χ2n) is 5.22. The molecular formula is C16H12ClFN2O3. The zero-order valence-electron chi connectivity index (χ0n) is 12.0. The molecule has 0 radical (unpaired) electrons. The first kappa shape index (κ1) is 15.4. The first-order chi connectivity index (χ1) is 11.0. The second kappa shape index (κ2) is 5.96. The van der Waals surface area contributed by atoms with Gasteiger partial charge in [0.05, 0.1) is 10.6 Å².